The number of hydrogen-bond donors (Lipinski definition) is 1. The molecule has 0 aliphatic carbocycles. The Morgan fingerprint density at radius 3 is 2.80 bits per heavy atom. The predicted molar refractivity (Wildman–Crippen MR) is 75.4 cm³/mol. The van der Waals surface area contributed by atoms with Crippen LogP contribution in [0.1, 0.15) is 44.8 Å². The van der Waals surface area contributed by atoms with Crippen LogP contribution >= 0.6 is 0 Å². The molecule has 3 rings (SSSR count). The van der Waals surface area contributed by atoms with Gasteiger partial charge in [-0.25, -0.2) is 4.39 Å². The van der Waals surface area contributed by atoms with E-state index in [0.29, 0.717) is 0 Å². The molecule has 2 aliphatic rings. The van der Waals surface area contributed by atoms with Gasteiger partial charge < -0.3 is 14.8 Å². The summed E-state index contributed by atoms with van der Waals surface area (Å²) in [5, 5.41) is 3.36. The van der Waals surface area contributed by atoms with E-state index in [1.807, 2.05) is 13.8 Å². The minimum atomic E-state index is -0.231. The van der Waals surface area contributed by atoms with Crippen molar-refractivity contribution in [3.05, 3.63) is 29.6 Å². The molecule has 1 N–H and O–H groups in total. The van der Waals surface area contributed by atoms with Crippen molar-refractivity contribution in [1.29, 1.82) is 0 Å². The molecule has 1 aromatic rings. The normalized spacial score (nSPS) is 24.5. The van der Waals surface area contributed by atoms with E-state index in [9.17, 15) is 4.39 Å². The molecule has 1 spiro atoms. The Kier molecular flexibility index (Phi) is 3.69. The van der Waals surface area contributed by atoms with E-state index in [1.54, 1.807) is 12.1 Å². The summed E-state index contributed by atoms with van der Waals surface area (Å²) in [5.74, 6) is 0.552. The molecule has 0 unspecified atom stereocenters. The largest absolute Gasteiger partial charge is 0.487 e. The van der Waals surface area contributed by atoms with Crippen molar-refractivity contribution < 1.29 is 13.9 Å². The first-order valence-corrected chi connectivity index (χ1v) is 7.43. The van der Waals surface area contributed by atoms with E-state index in [2.05, 4.69) is 5.32 Å². The highest BCUT2D eigenvalue weighted by molar-refractivity contribution is 5.39. The fourth-order valence-corrected chi connectivity index (χ4v) is 3.23. The third kappa shape index (κ3) is 2.67. The lowest BCUT2D eigenvalue weighted by molar-refractivity contribution is -0.0795. The third-order valence-electron chi connectivity index (χ3n) is 4.15. The second kappa shape index (κ2) is 5.34. The SMILES string of the molecule is CC(C)O[C@@H]1CC2(CCNCC2)Oc2ccc(F)cc21. The van der Waals surface area contributed by atoms with Crippen LogP contribution in [0.5, 0.6) is 5.75 Å². The van der Waals surface area contributed by atoms with Crippen molar-refractivity contribution in [1.82, 2.24) is 5.32 Å². The van der Waals surface area contributed by atoms with Gasteiger partial charge in [0.1, 0.15) is 17.2 Å². The lowest BCUT2D eigenvalue weighted by Gasteiger charge is -2.44. The van der Waals surface area contributed by atoms with E-state index in [1.165, 1.54) is 6.07 Å². The van der Waals surface area contributed by atoms with Gasteiger partial charge in [-0.15, -0.1) is 0 Å². The van der Waals surface area contributed by atoms with Gasteiger partial charge in [-0.05, 0) is 58.0 Å². The summed E-state index contributed by atoms with van der Waals surface area (Å²) >= 11 is 0. The van der Waals surface area contributed by atoms with Crippen LogP contribution in [0, 0.1) is 5.82 Å². The first kappa shape index (κ1) is 13.8. The standard InChI is InChI=1S/C16H22FNO2/c1-11(2)19-15-10-16(5-7-18-8-6-16)20-14-4-3-12(17)9-13(14)15/h3-4,9,11,15,18H,5-8,10H2,1-2H3/t15-/m1/s1. The minimum absolute atomic E-state index is 0.0763. The zero-order valence-corrected chi connectivity index (χ0v) is 12.1. The van der Waals surface area contributed by atoms with Gasteiger partial charge in [-0.2, -0.15) is 0 Å². The summed E-state index contributed by atoms with van der Waals surface area (Å²) in [4.78, 5) is 0. The first-order chi connectivity index (χ1) is 9.58. The molecule has 0 radical (unpaired) electrons. The number of nitrogens with one attached hydrogen (secondary N) is 1. The van der Waals surface area contributed by atoms with Gasteiger partial charge in [0.05, 0.1) is 12.2 Å². The van der Waals surface area contributed by atoms with Gasteiger partial charge in [0.15, 0.2) is 0 Å². The fourth-order valence-electron chi connectivity index (χ4n) is 3.23. The maximum Gasteiger partial charge on any atom is 0.126 e. The van der Waals surface area contributed by atoms with Crippen molar-refractivity contribution in [2.75, 3.05) is 13.1 Å². The van der Waals surface area contributed by atoms with E-state index >= 15 is 0 Å². The molecule has 110 valence electrons. The van der Waals surface area contributed by atoms with Gasteiger partial charge in [0.25, 0.3) is 0 Å². The number of hydrogen-bond acceptors (Lipinski definition) is 3. The molecule has 3 nitrogen and oxygen atoms in total. The van der Waals surface area contributed by atoms with Gasteiger partial charge in [0, 0.05) is 12.0 Å². The molecule has 0 amide bonds. The maximum absolute atomic E-state index is 13.5. The monoisotopic (exact) mass is 279 g/mol. The van der Waals surface area contributed by atoms with Crippen molar-refractivity contribution in [2.24, 2.45) is 0 Å². The molecule has 1 saturated heterocycles. The predicted octanol–water partition coefficient (Wildman–Crippen LogP) is 3.20. The smallest absolute Gasteiger partial charge is 0.126 e. The van der Waals surface area contributed by atoms with Crippen LogP contribution in [0.25, 0.3) is 0 Å². The highest BCUT2D eigenvalue weighted by atomic mass is 19.1. The molecule has 1 aromatic carbocycles. The second-order valence-corrected chi connectivity index (χ2v) is 6.09. The van der Waals surface area contributed by atoms with E-state index in [0.717, 1.165) is 43.7 Å². The number of fused-ring (bicyclic) bond motifs is 1. The molecule has 0 saturated carbocycles. The zero-order chi connectivity index (χ0) is 14.2. The number of ether oxygens (including phenoxy) is 2. The van der Waals surface area contributed by atoms with Crippen molar-refractivity contribution in [2.45, 2.75) is 50.9 Å². The zero-order valence-electron chi connectivity index (χ0n) is 12.1. The maximum atomic E-state index is 13.5. The summed E-state index contributed by atoms with van der Waals surface area (Å²) in [6.07, 6.45) is 2.80. The minimum Gasteiger partial charge on any atom is -0.487 e. The first-order valence-electron chi connectivity index (χ1n) is 7.43. The van der Waals surface area contributed by atoms with E-state index in [4.69, 9.17) is 9.47 Å². The van der Waals surface area contributed by atoms with Crippen molar-refractivity contribution >= 4 is 0 Å². The summed E-state index contributed by atoms with van der Waals surface area (Å²) in [6.45, 7) is 5.96. The molecular weight excluding hydrogens is 257 g/mol. The van der Waals surface area contributed by atoms with Crippen LogP contribution in [-0.4, -0.2) is 24.8 Å². The van der Waals surface area contributed by atoms with Crippen LogP contribution in [0.15, 0.2) is 18.2 Å². The average Bonchev–Trinajstić information content (AvgIpc) is 2.40. The summed E-state index contributed by atoms with van der Waals surface area (Å²) in [5.41, 5.74) is 0.693. The van der Waals surface area contributed by atoms with Gasteiger partial charge in [-0.3, -0.25) is 0 Å². The van der Waals surface area contributed by atoms with E-state index < -0.39 is 0 Å². The topological polar surface area (TPSA) is 30.5 Å². The molecule has 1 atom stereocenters. The van der Waals surface area contributed by atoms with Crippen LogP contribution in [0.3, 0.4) is 0 Å². The Hall–Kier alpha value is -1.13. The molecular formula is C16H22FNO2. The fraction of sp³-hybridized carbons (Fsp3) is 0.625. The van der Waals surface area contributed by atoms with Gasteiger partial charge >= 0.3 is 0 Å². The van der Waals surface area contributed by atoms with Crippen LogP contribution in [-0.2, 0) is 4.74 Å². The Labute approximate surface area is 119 Å². The molecule has 20 heavy (non-hydrogen) atoms. The molecule has 0 bridgehead atoms. The summed E-state index contributed by atoms with van der Waals surface area (Å²) in [7, 11) is 0. The van der Waals surface area contributed by atoms with Gasteiger partial charge in [-0.1, -0.05) is 0 Å². The van der Waals surface area contributed by atoms with Crippen molar-refractivity contribution in [3.8, 4) is 5.75 Å². The summed E-state index contributed by atoms with van der Waals surface area (Å²) < 4.78 is 25.8. The molecule has 1 fully saturated rings. The second-order valence-electron chi connectivity index (χ2n) is 6.09. The molecule has 0 aromatic heterocycles. The number of rotatable bonds is 2. The lowest BCUT2D eigenvalue weighted by Crippen LogP contribution is -2.49. The van der Waals surface area contributed by atoms with Crippen molar-refractivity contribution in [3.63, 3.8) is 0 Å². The highest BCUT2D eigenvalue weighted by Gasteiger charge is 2.42. The Morgan fingerprint density at radius 2 is 2.10 bits per heavy atom. The Bertz CT molecular complexity index is 483. The molecule has 4 heteroatoms. The number of benzene rings is 1. The molecule has 2 aliphatic heterocycles. The Balaban J connectivity index is 1.94. The van der Waals surface area contributed by atoms with Gasteiger partial charge in [0.2, 0.25) is 0 Å². The quantitative estimate of drug-likeness (QED) is 0.902. The summed E-state index contributed by atoms with van der Waals surface area (Å²) in [6, 6.07) is 4.76. The lowest BCUT2D eigenvalue weighted by atomic mass is 9.82. The third-order valence-corrected chi connectivity index (χ3v) is 4.15. The average molecular weight is 279 g/mol. The number of halogens is 1. The number of piperidine rings is 1. The van der Waals surface area contributed by atoms with Crippen LogP contribution < -0.4 is 10.1 Å². The van der Waals surface area contributed by atoms with E-state index in [-0.39, 0.29) is 23.6 Å². The molecule has 2 heterocycles. The Morgan fingerprint density at radius 1 is 1.35 bits per heavy atom. The highest BCUT2D eigenvalue weighted by Crippen LogP contribution is 2.45. The van der Waals surface area contributed by atoms with Crippen LogP contribution in [0.4, 0.5) is 4.39 Å². The van der Waals surface area contributed by atoms with Crippen LogP contribution in [0.2, 0.25) is 0 Å².